The summed E-state index contributed by atoms with van der Waals surface area (Å²) in [5.74, 6) is -0.914. The van der Waals surface area contributed by atoms with E-state index in [-0.39, 0.29) is 23.0 Å². The Morgan fingerprint density at radius 3 is 2.57 bits per heavy atom. The first-order valence-corrected chi connectivity index (χ1v) is 6.20. The van der Waals surface area contributed by atoms with Crippen molar-refractivity contribution in [3.8, 4) is 0 Å². The fourth-order valence-corrected chi connectivity index (χ4v) is 2.05. The second-order valence-electron chi connectivity index (χ2n) is 4.64. The van der Waals surface area contributed by atoms with Crippen molar-refractivity contribution >= 4 is 34.4 Å². The van der Waals surface area contributed by atoms with Gasteiger partial charge in [0.05, 0.1) is 11.4 Å². The molecule has 106 valence electrons. The van der Waals surface area contributed by atoms with Crippen LogP contribution in [0.4, 0.5) is 11.4 Å². The van der Waals surface area contributed by atoms with Crippen molar-refractivity contribution in [2.45, 2.75) is 13.8 Å². The number of anilines is 1. The highest BCUT2D eigenvalue weighted by Gasteiger charge is 2.20. The molecule has 2 rings (SSSR count). The van der Waals surface area contributed by atoms with Crippen LogP contribution in [0.25, 0.3) is 5.57 Å². The van der Waals surface area contributed by atoms with Crippen molar-refractivity contribution in [1.29, 1.82) is 5.53 Å². The first-order chi connectivity index (χ1) is 9.92. The summed E-state index contributed by atoms with van der Waals surface area (Å²) in [6.45, 7) is 3.07. The number of nitrogens with one attached hydrogen (secondary N) is 2. The van der Waals surface area contributed by atoms with Gasteiger partial charge in [-0.3, -0.25) is 14.4 Å². The molecule has 1 amide bonds. The molecule has 0 aliphatic heterocycles. The van der Waals surface area contributed by atoms with Crippen LogP contribution in [-0.4, -0.2) is 17.5 Å². The number of hydrogen-bond acceptors (Lipinski definition) is 5. The van der Waals surface area contributed by atoms with Crippen LogP contribution in [0.1, 0.15) is 18.1 Å². The van der Waals surface area contributed by atoms with Crippen LogP contribution < -0.4 is 5.32 Å². The van der Waals surface area contributed by atoms with Gasteiger partial charge < -0.3 is 5.32 Å². The number of allylic oxidation sites excluding steroid dienone is 4. The first kappa shape index (κ1) is 14.5. The fourth-order valence-electron chi connectivity index (χ4n) is 2.05. The zero-order valence-corrected chi connectivity index (χ0v) is 11.6. The number of aryl methyl sites for hydroxylation is 1. The van der Waals surface area contributed by atoms with Gasteiger partial charge in [0.2, 0.25) is 5.91 Å². The maximum atomic E-state index is 12.0. The lowest BCUT2D eigenvalue weighted by Gasteiger charge is -2.15. The number of carbonyl (C=O) groups is 3. The summed E-state index contributed by atoms with van der Waals surface area (Å²) >= 11 is 0. The molecule has 0 heterocycles. The number of rotatable bonds is 3. The number of amides is 1. The molecule has 0 radical (unpaired) electrons. The molecule has 21 heavy (non-hydrogen) atoms. The van der Waals surface area contributed by atoms with Crippen LogP contribution in [0.5, 0.6) is 0 Å². The third-order valence-electron chi connectivity index (χ3n) is 3.01. The van der Waals surface area contributed by atoms with E-state index in [1.807, 2.05) is 0 Å². The smallest absolute Gasteiger partial charge is 0.221 e. The summed E-state index contributed by atoms with van der Waals surface area (Å²) in [6, 6.07) is 3.14. The molecule has 0 atom stereocenters. The maximum Gasteiger partial charge on any atom is 0.221 e. The van der Waals surface area contributed by atoms with Crippen LogP contribution in [0.2, 0.25) is 0 Å². The number of nitrogens with zero attached hydrogens (tertiary/aromatic N) is 1. The Balaban J connectivity index is 2.64. The van der Waals surface area contributed by atoms with E-state index in [2.05, 4.69) is 10.4 Å². The predicted molar refractivity (Wildman–Crippen MR) is 77.4 cm³/mol. The highest BCUT2D eigenvalue weighted by Crippen LogP contribution is 2.33. The average Bonchev–Trinajstić information content (AvgIpc) is 2.42. The van der Waals surface area contributed by atoms with Crippen molar-refractivity contribution in [3.63, 3.8) is 0 Å². The maximum absolute atomic E-state index is 12.0. The summed E-state index contributed by atoms with van der Waals surface area (Å²) in [6.07, 6.45) is 3.64. The van der Waals surface area contributed by atoms with Crippen LogP contribution in [-0.2, 0) is 14.4 Å². The Bertz CT molecular complexity index is 730. The van der Waals surface area contributed by atoms with E-state index >= 15 is 0 Å². The Morgan fingerprint density at radius 2 is 1.95 bits per heavy atom. The molecule has 0 unspecified atom stereocenters. The normalized spacial score (nSPS) is 13.9. The highest BCUT2D eigenvalue weighted by atomic mass is 16.1. The molecule has 1 aromatic rings. The second kappa shape index (κ2) is 5.62. The molecular weight excluding hydrogens is 270 g/mol. The number of ketones is 2. The monoisotopic (exact) mass is 283 g/mol. The minimum atomic E-state index is -0.318. The van der Waals surface area contributed by atoms with Gasteiger partial charge in [-0.1, -0.05) is 0 Å². The zero-order valence-electron chi connectivity index (χ0n) is 11.6. The molecule has 1 aliphatic rings. The molecule has 6 nitrogen and oxygen atoms in total. The van der Waals surface area contributed by atoms with Crippen molar-refractivity contribution in [2.24, 2.45) is 5.11 Å². The highest BCUT2D eigenvalue weighted by molar-refractivity contribution is 6.34. The molecule has 0 fully saturated rings. The van der Waals surface area contributed by atoms with Crippen molar-refractivity contribution < 1.29 is 14.4 Å². The average molecular weight is 283 g/mol. The van der Waals surface area contributed by atoms with E-state index < -0.39 is 0 Å². The van der Waals surface area contributed by atoms with Crippen LogP contribution >= 0.6 is 0 Å². The minimum absolute atomic E-state index is 0.214. The molecule has 2 N–H and O–H groups in total. The molecule has 0 saturated heterocycles. The van der Waals surface area contributed by atoms with Crippen LogP contribution in [0.3, 0.4) is 0 Å². The summed E-state index contributed by atoms with van der Waals surface area (Å²) in [7, 11) is 0. The summed E-state index contributed by atoms with van der Waals surface area (Å²) in [5.41, 5.74) is 9.17. The molecule has 0 saturated carbocycles. The SMILES string of the molecule is CC(=O)Nc1cc(N=N)c(C)cc1C1=CC(=O)C=CC1=O. The molecule has 1 aromatic carbocycles. The van der Waals surface area contributed by atoms with Crippen LogP contribution in [0, 0.1) is 12.5 Å². The molecule has 0 spiro atoms. The lowest BCUT2D eigenvalue weighted by atomic mass is 9.93. The second-order valence-corrected chi connectivity index (χ2v) is 4.64. The fraction of sp³-hybridized carbons (Fsp3) is 0.133. The van der Waals surface area contributed by atoms with E-state index in [0.717, 1.165) is 0 Å². The minimum Gasteiger partial charge on any atom is -0.326 e. The Morgan fingerprint density at radius 1 is 1.24 bits per heavy atom. The van der Waals surface area contributed by atoms with Gasteiger partial charge in [-0.25, -0.2) is 5.53 Å². The molecule has 0 aromatic heterocycles. The van der Waals surface area contributed by atoms with E-state index in [9.17, 15) is 14.4 Å². The molecule has 1 aliphatic carbocycles. The van der Waals surface area contributed by atoms with E-state index in [4.69, 9.17) is 5.53 Å². The topological polar surface area (TPSA) is 99.4 Å². The largest absolute Gasteiger partial charge is 0.326 e. The third kappa shape index (κ3) is 3.00. The Kier molecular flexibility index (Phi) is 3.89. The van der Waals surface area contributed by atoms with Gasteiger partial charge in [-0.05, 0) is 42.8 Å². The quantitative estimate of drug-likeness (QED) is 0.658. The standard InChI is InChI=1S/C15H13N3O3/c1-8-5-11(12-6-10(20)3-4-15(12)21)14(17-9(2)19)7-13(8)18-16/h3-7,16H,1-2H3,(H,17,19). The number of hydrogen-bond donors (Lipinski definition) is 2. The van der Waals surface area contributed by atoms with Gasteiger partial charge in [0, 0.05) is 18.1 Å². The predicted octanol–water partition coefficient (Wildman–Crippen LogP) is 2.71. The lowest BCUT2D eigenvalue weighted by Crippen LogP contribution is -2.12. The van der Waals surface area contributed by atoms with Crippen LogP contribution in [0.15, 0.2) is 35.5 Å². The third-order valence-corrected chi connectivity index (χ3v) is 3.01. The summed E-state index contributed by atoms with van der Waals surface area (Å²) in [4.78, 5) is 34.8. The van der Waals surface area contributed by atoms with Gasteiger partial charge in [0.1, 0.15) is 0 Å². The number of carbonyl (C=O) groups excluding carboxylic acids is 3. The van der Waals surface area contributed by atoms with E-state index in [1.54, 1.807) is 13.0 Å². The van der Waals surface area contributed by atoms with Gasteiger partial charge in [0.15, 0.2) is 11.6 Å². The van der Waals surface area contributed by atoms with Crippen molar-refractivity contribution in [3.05, 3.63) is 41.5 Å². The summed E-state index contributed by atoms with van der Waals surface area (Å²) in [5, 5.41) is 5.97. The van der Waals surface area contributed by atoms with Gasteiger partial charge >= 0.3 is 0 Å². The molecule has 6 heteroatoms. The van der Waals surface area contributed by atoms with Gasteiger partial charge in [-0.15, -0.1) is 0 Å². The van der Waals surface area contributed by atoms with E-state index in [1.165, 1.54) is 31.2 Å². The van der Waals surface area contributed by atoms with E-state index in [0.29, 0.717) is 22.5 Å². The zero-order chi connectivity index (χ0) is 15.6. The Labute approximate surface area is 121 Å². The summed E-state index contributed by atoms with van der Waals surface area (Å²) < 4.78 is 0. The Hall–Kier alpha value is -2.89. The van der Waals surface area contributed by atoms with Gasteiger partial charge in [0.25, 0.3) is 0 Å². The van der Waals surface area contributed by atoms with Crippen molar-refractivity contribution in [1.82, 2.24) is 0 Å². The van der Waals surface area contributed by atoms with Gasteiger partial charge in [-0.2, -0.15) is 5.11 Å². The first-order valence-electron chi connectivity index (χ1n) is 6.20. The lowest BCUT2D eigenvalue weighted by molar-refractivity contribution is -0.114. The number of benzene rings is 1. The molecule has 0 bridgehead atoms. The van der Waals surface area contributed by atoms with Crippen molar-refractivity contribution in [2.75, 3.05) is 5.32 Å². The molecular formula is C15H13N3O3.